The van der Waals surface area contributed by atoms with E-state index in [9.17, 15) is 0 Å². The van der Waals surface area contributed by atoms with Crippen molar-refractivity contribution >= 4 is 61.4 Å². The van der Waals surface area contributed by atoms with Crippen molar-refractivity contribution in [3.05, 3.63) is 43.7 Å². The summed E-state index contributed by atoms with van der Waals surface area (Å²) < 4.78 is 1.11. The normalized spacial score (nSPS) is 11.5. The second-order valence-electron chi connectivity index (χ2n) is 5.14. The molecule has 0 bridgehead atoms. The first-order valence-electron chi connectivity index (χ1n) is 7.05. The first-order chi connectivity index (χ1) is 10.6. The third-order valence-electron chi connectivity index (χ3n) is 3.62. The van der Waals surface area contributed by atoms with Gasteiger partial charge in [-0.05, 0) is 71.6 Å². The molecule has 0 aliphatic rings. The zero-order valence-corrected chi connectivity index (χ0v) is 15.7. The average Bonchev–Trinajstić information content (AvgIpc) is 3.03. The van der Waals surface area contributed by atoms with Gasteiger partial charge in [-0.1, -0.05) is 23.2 Å². The van der Waals surface area contributed by atoms with E-state index in [4.69, 9.17) is 28.9 Å². The van der Waals surface area contributed by atoms with Gasteiger partial charge in [0.1, 0.15) is 0 Å². The topological polar surface area (TPSA) is 41.8 Å². The van der Waals surface area contributed by atoms with Gasteiger partial charge in [0, 0.05) is 15.9 Å². The van der Waals surface area contributed by atoms with E-state index in [-0.39, 0.29) is 0 Å². The number of hydrogen-bond acceptors (Lipinski definition) is 2. The average molecular weight is 418 g/mol. The monoisotopic (exact) mass is 416 g/mol. The summed E-state index contributed by atoms with van der Waals surface area (Å²) in [6.45, 7) is 0.710. The standard InChI is InChI=1S/C16H15BrCl2N2S/c17-14-5-4-13(22-14)16-10(3-1-2-6-20)15-11(19)7-9(18)8-12(15)21-16/h4-5,7-8,21H,1-3,6,20H2. The van der Waals surface area contributed by atoms with Gasteiger partial charge in [-0.3, -0.25) is 0 Å². The molecule has 0 unspecified atom stereocenters. The second-order valence-corrected chi connectivity index (χ2v) is 8.44. The minimum absolute atomic E-state index is 0.645. The van der Waals surface area contributed by atoms with Crippen LogP contribution in [0.4, 0.5) is 0 Å². The molecule has 1 aromatic carbocycles. The fraction of sp³-hybridized carbons (Fsp3) is 0.250. The van der Waals surface area contributed by atoms with Crippen LogP contribution in [0, 0.1) is 0 Å². The van der Waals surface area contributed by atoms with Crippen molar-refractivity contribution in [2.45, 2.75) is 19.3 Å². The number of fused-ring (bicyclic) bond motifs is 1. The Labute approximate surface area is 151 Å². The minimum atomic E-state index is 0.645. The number of hydrogen-bond donors (Lipinski definition) is 2. The van der Waals surface area contributed by atoms with E-state index in [0.717, 1.165) is 39.6 Å². The van der Waals surface area contributed by atoms with E-state index in [1.807, 2.05) is 6.07 Å². The maximum absolute atomic E-state index is 6.45. The maximum atomic E-state index is 6.45. The first-order valence-corrected chi connectivity index (χ1v) is 9.42. The van der Waals surface area contributed by atoms with E-state index in [1.165, 1.54) is 10.4 Å². The fourth-order valence-electron chi connectivity index (χ4n) is 2.67. The van der Waals surface area contributed by atoms with Crippen molar-refractivity contribution in [2.24, 2.45) is 5.73 Å². The molecule has 0 fully saturated rings. The zero-order chi connectivity index (χ0) is 15.7. The van der Waals surface area contributed by atoms with Gasteiger partial charge in [-0.2, -0.15) is 0 Å². The lowest BCUT2D eigenvalue weighted by molar-refractivity contribution is 0.748. The molecule has 0 aliphatic heterocycles. The van der Waals surface area contributed by atoms with Crippen molar-refractivity contribution < 1.29 is 0 Å². The number of nitrogens with two attached hydrogens (primary N) is 1. The van der Waals surface area contributed by atoms with Gasteiger partial charge < -0.3 is 10.7 Å². The van der Waals surface area contributed by atoms with E-state index >= 15 is 0 Å². The number of thiophene rings is 1. The summed E-state index contributed by atoms with van der Waals surface area (Å²) in [7, 11) is 0. The van der Waals surface area contributed by atoms with Gasteiger partial charge in [0.05, 0.1) is 19.4 Å². The van der Waals surface area contributed by atoms with Gasteiger partial charge in [0.15, 0.2) is 0 Å². The quantitative estimate of drug-likeness (QED) is 0.473. The number of nitrogens with one attached hydrogen (secondary N) is 1. The Morgan fingerprint density at radius 3 is 2.68 bits per heavy atom. The maximum Gasteiger partial charge on any atom is 0.0705 e. The molecule has 0 saturated carbocycles. The lowest BCUT2D eigenvalue weighted by Gasteiger charge is -2.04. The van der Waals surface area contributed by atoms with Crippen molar-refractivity contribution in [1.29, 1.82) is 0 Å². The number of aromatic nitrogens is 1. The summed E-state index contributed by atoms with van der Waals surface area (Å²) in [5, 5.41) is 2.41. The van der Waals surface area contributed by atoms with Crippen LogP contribution in [0.25, 0.3) is 21.5 Å². The molecule has 2 heterocycles. The highest BCUT2D eigenvalue weighted by Crippen LogP contribution is 2.40. The molecule has 0 amide bonds. The number of unbranched alkanes of at least 4 members (excludes halogenated alkanes) is 1. The van der Waals surface area contributed by atoms with Gasteiger partial charge in [0.2, 0.25) is 0 Å². The van der Waals surface area contributed by atoms with Crippen LogP contribution >= 0.6 is 50.5 Å². The van der Waals surface area contributed by atoms with Crippen LogP contribution in [0.3, 0.4) is 0 Å². The van der Waals surface area contributed by atoms with E-state index in [0.29, 0.717) is 16.6 Å². The summed E-state index contributed by atoms with van der Waals surface area (Å²) in [5.41, 5.74) is 8.99. The smallest absolute Gasteiger partial charge is 0.0705 e. The van der Waals surface area contributed by atoms with Crippen molar-refractivity contribution in [3.63, 3.8) is 0 Å². The summed E-state index contributed by atoms with van der Waals surface area (Å²) >= 11 is 17.8. The molecule has 3 aromatic rings. The van der Waals surface area contributed by atoms with Crippen LogP contribution in [0.1, 0.15) is 18.4 Å². The van der Waals surface area contributed by atoms with Gasteiger partial charge >= 0.3 is 0 Å². The molecule has 116 valence electrons. The molecule has 0 saturated heterocycles. The molecular weight excluding hydrogens is 403 g/mol. The van der Waals surface area contributed by atoms with Crippen LogP contribution in [0.2, 0.25) is 10.0 Å². The SMILES string of the molecule is NCCCCc1c(-c2ccc(Br)s2)[nH]c2cc(Cl)cc(Cl)c12. The van der Waals surface area contributed by atoms with Crippen LogP contribution in [0.15, 0.2) is 28.1 Å². The Kier molecular flexibility index (Phi) is 5.15. The Bertz CT molecular complexity index is 810. The molecule has 2 nitrogen and oxygen atoms in total. The molecule has 0 aliphatic carbocycles. The molecule has 2 aromatic heterocycles. The number of aryl methyl sites for hydroxylation is 1. The molecule has 0 radical (unpaired) electrons. The predicted molar refractivity (Wildman–Crippen MR) is 101 cm³/mol. The Balaban J connectivity index is 2.16. The molecule has 3 rings (SSSR count). The number of halogens is 3. The molecule has 0 atom stereocenters. The van der Waals surface area contributed by atoms with Crippen LogP contribution in [-0.2, 0) is 6.42 Å². The first kappa shape index (κ1) is 16.3. The van der Waals surface area contributed by atoms with Crippen molar-refractivity contribution in [3.8, 4) is 10.6 Å². The lowest BCUT2D eigenvalue weighted by Crippen LogP contribution is -1.99. The highest BCUT2D eigenvalue weighted by atomic mass is 79.9. The lowest BCUT2D eigenvalue weighted by atomic mass is 10.0. The summed E-state index contributed by atoms with van der Waals surface area (Å²) in [4.78, 5) is 4.68. The number of benzene rings is 1. The van der Waals surface area contributed by atoms with Gasteiger partial charge in [-0.25, -0.2) is 0 Å². The fourth-order valence-corrected chi connectivity index (χ4v) is 4.69. The van der Waals surface area contributed by atoms with Gasteiger partial charge in [0.25, 0.3) is 0 Å². The van der Waals surface area contributed by atoms with Crippen LogP contribution in [0.5, 0.6) is 0 Å². The Hall–Kier alpha value is -0.520. The number of rotatable bonds is 5. The van der Waals surface area contributed by atoms with Crippen molar-refractivity contribution in [2.75, 3.05) is 6.54 Å². The Morgan fingerprint density at radius 2 is 2.00 bits per heavy atom. The van der Waals surface area contributed by atoms with Crippen LogP contribution < -0.4 is 5.73 Å². The third kappa shape index (κ3) is 3.22. The molecule has 0 spiro atoms. The summed E-state index contributed by atoms with van der Waals surface area (Å²) in [5.74, 6) is 0. The number of H-pyrrole nitrogens is 1. The molecule has 6 heteroatoms. The third-order valence-corrected chi connectivity index (χ3v) is 5.78. The summed E-state index contributed by atoms with van der Waals surface area (Å²) in [6, 6.07) is 7.91. The largest absolute Gasteiger partial charge is 0.354 e. The van der Waals surface area contributed by atoms with E-state index in [1.54, 1.807) is 17.4 Å². The van der Waals surface area contributed by atoms with E-state index < -0.39 is 0 Å². The van der Waals surface area contributed by atoms with Crippen LogP contribution in [-0.4, -0.2) is 11.5 Å². The second kappa shape index (κ2) is 6.93. The molecule has 3 N–H and O–H groups in total. The number of aromatic amines is 1. The van der Waals surface area contributed by atoms with E-state index in [2.05, 4.69) is 33.0 Å². The Morgan fingerprint density at radius 1 is 1.18 bits per heavy atom. The van der Waals surface area contributed by atoms with Crippen molar-refractivity contribution in [1.82, 2.24) is 4.98 Å². The predicted octanol–water partition coefficient (Wildman–Crippen LogP) is 6.25. The van der Waals surface area contributed by atoms with Gasteiger partial charge in [-0.15, -0.1) is 11.3 Å². The summed E-state index contributed by atoms with van der Waals surface area (Å²) in [6.07, 6.45) is 3.00. The molecular formula is C16H15BrCl2N2S. The minimum Gasteiger partial charge on any atom is -0.354 e. The zero-order valence-electron chi connectivity index (χ0n) is 11.8. The highest BCUT2D eigenvalue weighted by molar-refractivity contribution is 9.11. The molecule has 22 heavy (non-hydrogen) atoms. The highest BCUT2D eigenvalue weighted by Gasteiger charge is 2.17.